The maximum absolute atomic E-state index is 11.5. The number of nitrogens with zero attached hydrogens (tertiary/aromatic N) is 2. The number of methoxy groups -OCH3 is 1. The summed E-state index contributed by atoms with van der Waals surface area (Å²) in [5, 5.41) is 13.5. The number of rotatable bonds is 4. The Kier molecular flexibility index (Phi) is 3.66. The van der Waals surface area contributed by atoms with Crippen LogP contribution in [0.5, 0.6) is 5.75 Å². The molecule has 0 saturated carbocycles. The Morgan fingerprint density at radius 3 is 2.57 bits per heavy atom. The second-order valence-electron chi connectivity index (χ2n) is 4.04. The number of benzene rings is 1. The average molecular weight is 314 g/mol. The van der Waals surface area contributed by atoms with E-state index < -0.39 is 32.5 Å². The van der Waals surface area contributed by atoms with Crippen LogP contribution in [0, 0.1) is 0 Å². The average Bonchev–Trinajstić information content (AvgIpc) is 2.79. The SMILES string of the molecule is COc1cc(S(=O)(=O)O)ccc1N1CC(=O)C(C(=O)O)=N1. The highest BCUT2D eigenvalue weighted by molar-refractivity contribution is 7.85. The van der Waals surface area contributed by atoms with Gasteiger partial charge in [-0.2, -0.15) is 13.5 Å². The van der Waals surface area contributed by atoms with E-state index in [1.54, 1.807) is 0 Å². The summed E-state index contributed by atoms with van der Waals surface area (Å²) in [7, 11) is -3.15. The molecule has 2 rings (SSSR count). The molecule has 0 fully saturated rings. The van der Waals surface area contributed by atoms with Gasteiger partial charge in [-0.1, -0.05) is 0 Å². The number of carboxylic acid groups (broad SMARTS) is 1. The third-order valence-corrected chi connectivity index (χ3v) is 3.56. The lowest BCUT2D eigenvalue weighted by molar-refractivity contribution is -0.130. The van der Waals surface area contributed by atoms with Crippen LogP contribution in [0.1, 0.15) is 0 Å². The summed E-state index contributed by atoms with van der Waals surface area (Å²) in [5.74, 6) is -2.10. The van der Waals surface area contributed by atoms with Crippen molar-refractivity contribution in [2.45, 2.75) is 4.90 Å². The molecule has 21 heavy (non-hydrogen) atoms. The lowest BCUT2D eigenvalue weighted by atomic mass is 10.2. The Balaban J connectivity index is 2.47. The van der Waals surface area contributed by atoms with Crippen LogP contribution in [0.25, 0.3) is 0 Å². The van der Waals surface area contributed by atoms with E-state index in [4.69, 9.17) is 14.4 Å². The minimum absolute atomic E-state index is 0.0216. The van der Waals surface area contributed by atoms with Crippen molar-refractivity contribution < 1.29 is 32.4 Å². The van der Waals surface area contributed by atoms with Gasteiger partial charge < -0.3 is 9.84 Å². The van der Waals surface area contributed by atoms with Crippen LogP contribution < -0.4 is 9.75 Å². The van der Waals surface area contributed by atoms with Crippen molar-refractivity contribution in [1.29, 1.82) is 0 Å². The molecule has 1 heterocycles. The van der Waals surface area contributed by atoms with Crippen molar-refractivity contribution in [3.8, 4) is 5.75 Å². The predicted molar refractivity (Wildman–Crippen MR) is 70.2 cm³/mol. The maximum Gasteiger partial charge on any atom is 0.360 e. The molecule has 0 saturated heterocycles. The summed E-state index contributed by atoms with van der Waals surface area (Å²) in [6, 6.07) is 3.39. The minimum atomic E-state index is -4.41. The number of Topliss-reactive ketones (excluding diaryl/α,β-unsaturated/α-hetero) is 1. The van der Waals surface area contributed by atoms with Gasteiger partial charge in [0.25, 0.3) is 10.1 Å². The van der Waals surface area contributed by atoms with Gasteiger partial charge in [-0.15, -0.1) is 0 Å². The zero-order valence-corrected chi connectivity index (χ0v) is 11.5. The number of ether oxygens (including phenoxy) is 1. The summed E-state index contributed by atoms with van der Waals surface area (Å²) < 4.78 is 36.1. The highest BCUT2D eigenvalue weighted by Gasteiger charge is 2.31. The Hall–Kier alpha value is -2.46. The van der Waals surface area contributed by atoms with Gasteiger partial charge in [0.2, 0.25) is 11.5 Å². The van der Waals surface area contributed by atoms with E-state index in [1.807, 2.05) is 0 Å². The number of carbonyl (C=O) groups excluding carboxylic acids is 1. The van der Waals surface area contributed by atoms with Crippen LogP contribution in [0.4, 0.5) is 5.69 Å². The summed E-state index contributed by atoms with van der Waals surface area (Å²) in [5.41, 5.74) is -0.412. The van der Waals surface area contributed by atoms with Gasteiger partial charge in [0.1, 0.15) is 18.0 Å². The molecule has 9 nitrogen and oxygen atoms in total. The Morgan fingerprint density at radius 2 is 2.10 bits per heavy atom. The second kappa shape index (κ2) is 5.14. The summed E-state index contributed by atoms with van der Waals surface area (Å²) in [6.45, 7) is -0.302. The third-order valence-electron chi connectivity index (χ3n) is 2.71. The molecule has 0 radical (unpaired) electrons. The second-order valence-corrected chi connectivity index (χ2v) is 5.46. The first-order valence-electron chi connectivity index (χ1n) is 5.52. The Bertz CT molecular complexity index is 754. The summed E-state index contributed by atoms with van der Waals surface area (Å²) in [6.07, 6.45) is 0. The molecular formula is C11H10N2O7S. The number of anilines is 1. The molecule has 0 bridgehead atoms. The smallest absolute Gasteiger partial charge is 0.360 e. The van der Waals surface area contributed by atoms with E-state index in [1.165, 1.54) is 13.2 Å². The van der Waals surface area contributed by atoms with Gasteiger partial charge in [0.05, 0.1) is 12.0 Å². The van der Waals surface area contributed by atoms with Gasteiger partial charge >= 0.3 is 5.97 Å². The van der Waals surface area contributed by atoms with Gasteiger partial charge in [-0.3, -0.25) is 14.4 Å². The number of ketones is 1. The van der Waals surface area contributed by atoms with Crippen molar-refractivity contribution in [2.75, 3.05) is 18.7 Å². The molecule has 0 spiro atoms. The predicted octanol–water partition coefficient (Wildman–Crippen LogP) is -0.228. The molecule has 0 amide bonds. The van der Waals surface area contributed by atoms with Gasteiger partial charge in [0.15, 0.2) is 0 Å². The Morgan fingerprint density at radius 1 is 1.43 bits per heavy atom. The van der Waals surface area contributed by atoms with Crippen molar-refractivity contribution in [3.63, 3.8) is 0 Å². The van der Waals surface area contributed by atoms with E-state index in [2.05, 4.69) is 5.10 Å². The molecule has 2 N–H and O–H groups in total. The molecule has 1 aliphatic rings. The van der Waals surface area contributed by atoms with Crippen molar-refractivity contribution in [1.82, 2.24) is 0 Å². The van der Waals surface area contributed by atoms with Gasteiger partial charge in [0, 0.05) is 6.07 Å². The molecule has 112 valence electrons. The normalized spacial score (nSPS) is 15.0. The first-order chi connectivity index (χ1) is 9.74. The number of aliphatic carboxylic acids is 1. The zero-order chi connectivity index (χ0) is 15.8. The molecule has 0 unspecified atom stereocenters. The molecular weight excluding hydrogens is 304 g/mol. The number of hydrogen-bond acceptors (Lipinski definition) is 7. The van der Waals surface area contributed by atoms with E-state index in [9.17, 15) is 18.0 Å². The number of hydrogen-bond donors (Lipinski definition) is 2. The van der Waals surface area contributed by atoms with Crippen LogP contribution in [-0.2, 0) is 19.7 Å². The third kappa shape index (κ3) is 2.85. The highest BCUT2D eigenvalue weighted by Crippen LogP contribution is 2.32. The quantitative estimate of drug-likeness (QED) is 0.728. The van der Waals surface area contributed by atoms with Crippen molar-refractivity contribution >= 4 is 33.3 Å². The van der Waals surface area contributed by atoms with E-state index >= 15 is 0 Å². The Labute approximate surface area is 119 Å². The molecule has 1 aromatic carbocycles. The van der Waals surface area contributed by atoms with E-state index in [0.29, 0.717) is 0 Å². The van der Waals surface area contributed by atoms with Crippen LogP contribution in [-0.4, -0.2) is 49.2 Å². The summed E-state index contributed by atoms with van der Waals surface area (Å²) in [4.78, 5) is 21.9. The van der Waals surface area contributed by atoms with Crippen molar-refractivity contribution in [2.24, 2.45) is 5.10 Å². The first-order valence-corrected chi connectivity index (χ1v) is 6.96. The molecule has 0 aliphatic carbocycles. The van der Waals surface area contributed by atoms with E-state index in [0.717, 1.165) is 17.1 Å². The molecule has 0 aromatic heterocycles. The monoisotopic (exact) mass is 314 g/mol. The van der Waals surface area contributed by atoms with Crippen LogP contribution >= 0.6 is 0 Å². The number of hydrazone groups is 1. The van der Waals surface area contributed by atoms with Crippen LogP contribution in [0.15, 0.2) is 28.2 Å². The van der Waals surface area contributed by atoms with Crippen LogP contribution in [0.2, 0.25) is 0 Å². The fourth-order valence-corrected chi connectivity index (χ4v) is 2.25. The summed E-state index contributed by atoms with van der Waals surface area (Å²) >= 11 is 0. The number of carbonyl (C=O) groups is 2. The fourth-order valence-electron chi connectivity index (χ4n) is 1.76. The lowest BCUT2D eigenvalue weighted by Crippen LogP contribution is -2.23. The highest BCUT2D eigenvalue weighted by atomic mass is 32.2. The number of carboxylic acids is 1. The van der Waals surface area contributed by atoms with Crippen molar-refractivity contribution in [3.05, 3.63) is 18.2 Å². The molecule has 10 heteroatoms. The first kappa shape index (κ1) is 14.9. The van der Waals surface area contributed by atoms with Gasteiger partial charge in [-0.25, -0.2) is 4.79 Å². The zero-order valence-electron chi connectivity index (χ0n) is 10.7. The van der Waals surface area contributed by atoms with Gasteiger partial charge in [-0.05, 0) is 12.1 Å². The largest absolute Gasteiger partial charge is 0.494 e. The standard InChI is InChI=1S/C11H10N2O7S/c1-20-9-4-6(21(17,18)19)2-3-7(9)13-5-8(14)10(12-13)11(15)16/h2-4H,5H2,1H3,(H,15,16)(H,17,18,19). The van der Waals surface area contributed by atoms with Crippen LogP contribution in [0.3, 0.4) is 0 Å². The fraction of sp³-hybridized carbons (Fsp3) is 0.182. The van der Waals surface area contributed by atoms with E-state index in [-0.39, 0.29) is 18.0 Å². The molecule has 0 atom stereocenters. The topological polar surface area (TPSA) is 134 Å². The minimum Gasteiger partial charge on any atom is -0.494 e. The maximum atomic E-state index is 11.5. The molecule has 1 aromatic rings. The molecule has 1 aliphatic heterocycles. The lowest BCUT2D eigenvalue weighted by Gasteiger charge is -2.16.